The van der Waals surface area contributed by atoms with Crippen LogP contribution in [0.25, 0.3) is 0 Å². The van der Waals surface area contributed by atoms with Gasteiger partial charge in [-0.25, -0.2) is 0 Å². The molecule has 0 aliphatic carbocycles. The van der Waals surface area contributed by atoms with Crippen LogP contribution in [0, 0.1) is 17.0 Å². The number of rotatable bonds is 5. The van der Waals surface area contributed by atoms with Crippen molar-refractivity contribution in [2.75, 3.05) is 5.32 Å². The monoisotopic (exact) mass is 260 g/mol. The molecule has 0 radical (unpaired) electrons. The number of hydrogen-bond acceptors (Lipinski definition) is 4. The van der Waals surface area contributed by atoms with Crippen LogP contribution < -0.4 is 5.32 Å². The van der Waals surface area contributed by atoms with E-state index < -0.39 is 0 Å². The molecule has 0 amide bonds. The third kappa shape index (κ3) is 3.31. The second-order valence-corrected chi connectivity index (χ2v) is 4.53. The first-order valence-electron chi connectivity index (χ1n) is 6.05. The number of nitrogens with zero attached hydrogens (tertiary/aromatic N) is 3. The highest BCUT2D eigenvalue weighted by Gasteiger charge is 2.10. The quantitative estimate of drug-likeness (QED) is 0.662. The molecule has 1 heterocycles. The van der Waals surface area contributed by atoms with Gasteiger partial charge in [-0.15, -0.1) is 0 Å². The van der Waals surface area contributed by atoms with Crippen LogP contribution in [0.3, 0.4) is 0 Å². The van der Waals surface area contributed by atoms with E-state index in [2.05, 4.69) is 10.4 Å². The largest absolute Gasteiger partial charge is 0.381 e. The molecule has 1 aromatic heterocycles. The fourth-order valence-electron chi connectivity index (χ4n) is 1.92. The van der Waals surface area contributed by atoms with Gasteiger partial charge in [-0.05, 0) is 31.5 Å². The molecule has 1 N–H and O–H groups in total. The Bertz CT molecular complexity index is 566. The summed E-state index contributed by atoms with van der Waals surface area (Å²) in [4.78, 5) is 10.3. The average molecular weight is 260 g/mol. The lowest BCUT2D eigenvalue weighted by Crippen LogP contribution is -2.22. The molecule has 0 spiro atoms. The predicted octanol–water partition coefficient (Wildman–Crippen LogP) is 2.60. The summed E-state index contributed by atoms with van der Waals surface area (Å²) in [5.41, 5.74) is 1.88. The number of non-ortho nitro benzene ring substituents is 1. The number of nitro benzene ring substituents is 1. The van der Waals surface area contributed by atoms with E-state index in [0.29, 0.717) is 0 Å². The van der Waals surface area contributed by atoms with Crippen molar-refractivity contribution < 1.29 is 4.92 Å². The van der Waals surface area contributed by atoms with E-state index in [4.69, 9.17) is 0 Å². The molecule has 6 heteroatoms. The number of nitro groups is 1. The molecular weight excluding hydrogens is 244 g/mol. The minimum absolute atomic E-state index is 0.114. The normalized spacial score (nSPS) is 12.1. The second kappa shape index (κ2) is 5.51. The summed E-state index contributed by atoms with van der Waals surface area (Å²) in [5, 5.41) is 18.1. The van der Waals surface area contributed by atoms with Gasteiger partial charge >= 0.3 is 0 Å². The first-order valence-corrected chi connectivity index (χ1v) is 6.05. The van der Waals surface area contributed by atoms with Gasteiger partial charge in [0.25, 0.3) is 5.69 Å². The summed E-state index contributed by atoms with van der Waals surface area (Å²) >= 11 is 0. The third-order valence-electron chi connectivity index (χ3n) is 2.84. The highest BCUT2D eigenvalue weighted by Crippen LogP contribution is 2.21. The van der Waals surface area contributed by atoms with Gasteiger partial charge in [0, 0.05) is 36.3 Å². The average Bonchev–Trinajstić information content (AvgIpc) is 2.84. The topological polar surface area (TPSA) is 73.0 Å². The minimum atomic E-state index is -0.385. The Labute approximate surface area is 111 Å². The summed E-state index contributed by atoms with van der Waals surface area (Å²) in [5.74, 6) is 0. The van der Waals surface area contributed by atoms with Crippen molar-refractivity contribution in [1.29, 1.82) is 0 Å². The molecule has 0 bridgehead atoms. The van der Waals surface area contributed by atoms with Gasteiger partial charge in [-0.2, -0.15) is 5.10 Å². The number of anilines is 1. The molecule has 0 aliphatic rings. The lowest BCUT2D eigenvalue weighted by molar-refractivity contribution is -0.384. The van der Waals surface area contributed by atoms with Gasteiger partial charge in [0.05, 0.1) is 11.5 Å². The standard InChI is InChI=1S/C13H16N4O2/c1-10-8-12(17(18)19)4-5-13(10)15-11(2)9-16-7-3-6-14-16/h3-8,11,15H,9H2,1-2H3. The molecule has 1 aromatic carbocycles. The fraction of sp³-hybridized carbons (Fsp3) is 0.308. The van der Waals surface area contributed by atoms with Crippen LogP contribution in [0.1, 0.15) is 12.5 Å². The third-order valence-corrected chi connectivity index (χ3v) is 2.84. The molecule has 19 heavy (non-hydrogen) atoms. The van der Waals surface area contributed by atoms with Gasteiger partial charge < -0.3 is 5.32 Å². The van der Waals surface area contributed by atoms with Gasteiger partial charge in [0.15, 0.2) is 0 Å². The molecule has 100 valence electrons. The summed E-state index contributed by atoms with van der Waals surface area (Å²) in [6, 6.07) is 6.88. The Morgan fingerprint density at radius 2 is 2.32 bits per heavy atom. The number of nitrogens with one attached hydrogen (secondary N) is 1. The van der Waals surface area contributed by atoms with E-state index in [1.54, 1.807) is 18.3 Å². The van der Waals surface area contributed by atoms with Crippen molar-refractivity contribution in [2.45, 2.75) is 26.4 Å². The molecule has 1 unspecified atom stereocenters. The summed E-state index contributed by atoms with van der Waals surface area (Å²) < 4.78 is 1.85. The van der Waals surface area contributed by atoms with Crippen LogP contribution in [0.15, 0.2) is 36.7 Å². The van der Waals surface area contributed by atoms with E-state index in [0.717, 1.165) is 17.8 Å². The highest BCUT2D eigenvalue weighted by molar-refractivity contribution is 5.55. The minimum Gasteiger partial charge on any atom is -0.381 e. The van der Waals surface area contributed by atoms with Crippen molar-refractivity contribution in [1.82, 2.24) is 9.78 Å². The SMILES string of the molecule is Cc1cc([N+](=O)[O-])ccc1NC(C)Cn1cccn1. The molecule has 2 rings (SSSR count). The first-order chi connectivity index (χ1) is 9.06. The molecule has 2 aromatic rings. The number of hydrogen-bond donors (Lipinski definition) is 1. The first kappa shape index (κ1) is 13.1. The van der Waals surface area contributed by atoms with E-state index in [9.17, 15) is 10.1 Å². The molecule has 1 atom stereocenters. The zero-order valence-corrected chi connectivity index (χ0v) is 10.9. The van der Waals surface area contributed by atoms with E-state index >= 15 is 0 Å². The lowest BCUT2D eigenvalue weighted by Gasteiger charge is -2.16. The molecule has 0 fully saturated rings. The molecule has 0 saturated carbocycles. The molecule has 6 nitrogen and oxygen atoms in total. The Kier molecular flexibility index (Phi) is 3.79. The fourth-order valence-corrected chi connectivity index (χ4v) is 1.92. The molecule has 0 saturated heterocycles. The Morgan fingerprint density at radius 3 is 2.89 bits per heavy atom. The number of aromatic nitrogens is 2. The van der Waals surface area contributed by atoms with Gasteiger partial charge in [-0.3, -0.25) is 14.8 Å². The Morgan fingerprint density at radius 1 is 1.53 bits per heavy atom. The summed E-state index contributed by atoms with van der Waals surface area (Å²) in [6.45, 7) is 4.64. The van der Waals surface area contributed by atoms with Crippen LogP contribution >= 0.6 is 0 Å². The van der Waals surface area contributed by atoms with Crippen LogP contribution in [0.5, 0.6) is 0 Å². The van der Waals surface area contributed by atoms with Gasteiger partial charge in [0.2, 0.25) is 0 Å². The van der Waals surface area contributed by atoms with Gasteiger partial charge in [-0.1, -0.05) is 0 Å². The van der Waals surface area contributed by atoms with Crippen molar-refractivity contribution in [3.63, 3.8) is 0 Å². The second-order valence-electron chi connectivity index (χ2n) is 4.53. The Hall–Kier alpha value is -2.37. The number of benzene rings is 1. The van der Waals surface area contributed by atoms with E-state index in [-0.39, 0.29) is 16.7 Å². The zero-order chi connectivity index (χ0) is 13.8. The lowest BCUT2D eigenvalue weighted by atomic mass is 10.1. The Balaban J connectivity index is 2.04. The van der Waals surface area contributed by atoms with Crippen molar-refractivity contribution in [3.8, 4) is 0 Å². The summed E-state index contributed by atoms with van der Waals surface area (Å²) in [7, 11) is 0. The summed E-state index contributed by atoms with van der Waals surface area (Å²) in [6.07, 6.45) is 3.64. The maximum atomic E-state index is 10.7. The molecular formula is C13H16N4O2. The smallest absolute Gasteiger partial charge is 0.269 e. The van der Waals surface area contributed by atoms with E-state index in [1.807, 2.05) is 30.8 Å². The predicted molar refractivity (Wildman–Crippen MR) is 73.1 cm³/mol. The van der Waals surface area contributed by atoms with Crippen molar-refractivity contribution >= 4 is 11.4 Å². The molecule has 0 aliphatic heterocycles. The van der Waals surface area contributed by atoms with Crippen LogP contribution in [0.2, 0.25) is 0 Å². The van der Waals surface area contributed by atoms with Crippen molar-refractivity contribution in [2.24, 2.45) is 0 Å². The van der Waals surface area contributed by atoms with Crippen molar-refractivity contribution in [3.05, 3.63) is 52.3 Å². The van der Waals surface area contributed by atoms with Crippen LogP contribution in [0.4, 0.5) is 11.4 Å². The van der Waals surface area contributed by atoms with Crippen LogP contribution in [-0.4, -0.2) is 20.7 Å². The van der Waals surface area contributed by atoms with E-state index in [1.165, 1.54) is 6.07 Å². The maximum absolute atomic E-state index is 10.7. The van der Waals surface area contributed by atoms with Gasteiger partial charge in [0.1, 0.15) is 0 Å². The van der Waals surface area contributed by atoms with Crippen LogP contribution in [-0.2, 0) is 6.54 Å². The zero-order valence-electron chi connectivity index (χ0n) is 10.9. The highest BCUT2D eigenvalue weighted by atomic mass is 16.6. The number of aryl methyl sites for hydroxylation is 1. The maximum Gasteiger partial charge on any atom is 0.269 e.